The summed E-state index contributed by atoms with van der Waals surface area (Å²) in [5.74, 6) is 2.12. The molecule has 0 spiro atoms. The third-order valence-corrected chi connectivity index (χ3v) is 6.77. The molecule has 6 heteroatoms. The number of aromatic nitrogens is 2. The summed E-state index contributed by atoms with van der Waals surface area (Å²) in [4.78, 5) is 19.8. The van der Waals surface area contributed by atoms with Crippen molar-refractivity contribution in [2.75, 3.05) is 5.75 Å². The molecule has 3 atom stereocenters. The van der Waals surface area contributed by atoms with Crippen LogP contribution in [0.25, 0.3) is 0 Å². The van der Waals surface area contributed by atoms with E-state index in [9.17, 15) is 4.79 Å². The molecule has 21 heavy (non-hydrogen) atoms. The Morgan fingerprint density at radius 2 is 2.33 bits per heavy atom. The van der Waals surface area contributed by atoms with E-state index < -0.39 is 0 Å². The van der Waals surface area contributed by atoms with Crippen molar-refractivity contribution in [2.45, 2.75) is 60.2 Å². The second kappa shape index (κ2) is 6.57. The minimum Gasteiger partial charge on any atom is -0.370 e. The highest BCUT2D eigenvalue weighted by Gasteiger charge is 2.40. The minimum atomic E-state index is -0.222. The van der Waals surface area contributed by atoms with Crippen molar-refractivity contribution >= 4 is 29.4 Å². The molecule has 4 nitrogen and oxygen atoms in total. The fourth-order valence-corrected chi connectivity index (χ4v) is 5.94. The zero-order valence-corrected chi connectivity index (χ0v) is 13.9. The SMILES string of the molecule is CC1CCC2c3c(SCCCC(N)=O)ncnc3SC2C1. The Hall–Kier alpha value is -0.750. The van der Waals surface area contributed by atoms with E-state index >= 15 is 0 Å². The Balaban J connectivity index is 1.70. The first kappa shape index (κ1) is 15.2. The first-order valence-corrected chi connectivity index (χ1v) is 9.44. The largest absolute Gasteiger partial charge is 0.370 e. The van der Waals surface area contributed by atoms with Crippen LogP contribution >= 0.6 is 23.5 Å². The predicted octanol–water partition coefficient (Wildman–Crippen LogP) is 3.21. The molecule has 114 valence electrons. The van der Waals surface area contributed by atoms with Crippen LogP contribution in [-0.2, 0) is 4.79 Å². The molecule has 0 aromatic carbocycles. The Bertz CT molecular complexity index is 538. The highest BCUT2D eigenvalue weighted by atomic mass is 32.2. The van der Waals surface area contributed by atoms with Crippen molar-refractivity contribution in [3.05, 3.63) is 11.9 Å². The van der Waals surface area contributed by atoms with Crippen LogP contribution < -0.4 is 5.73 Å². The van der Waals surface area contributed by atoms with Gasteiger partial charge in [-0.1, -0.05) is 13.3 Å². The summed E-state index contributed by atoms with van der Waals surface area (Å²) in [6.45, 7) is 2.35. The van der Waals surface area contributed by atoms with Crippen LogP contribution in [0.5, 0.6) is 0 Å². The quantitative estimate of drug-likeness (QED) is 0.512. The lowest BCUT2D eigenvalue weighted by Gasteiger charge is -2.29. The molecule has 0 radical (unpaired) electrons. The summed E-state index contributed by atoms with van der Waals surface area (Å²) in [6.07, 6.45) is 6.81. The molecular weight excluding hydrogens is 302 g/mol. The number of amides is 1. The van der Waals surface area contributed by atoms with Crippen LogP contribution in [0.15, 0.2) is 16.4 Å². The number of carbonyl (C=O) groups excluding carboxylic acids is 1. The number of thioether (sulfide) groups is 2. The van der Waals surface area contributed by atoms with Crippen LogP contribution in [-0.4, -0.2) is 26.9 Å². The molecule has 1 saturated carbocycles. The van der Waals surface area contributed by atoms with Crippen LogP contribution in [0.4, 0.5) is 0 Å². The molecule has 1 aliphatic carbocycles. The van der Waals surface area contributed by atoms with E-state index in [-0.39, 0.29) is 5.91 Å². The van der Waals surface area contributed by atoms with Crippen molar-refractivity contribution in [1.82, 2.24) is 9.97 Å². The van der Waals surface area contributed by atoms with E-state index in [1.165, 1.54) is 29.9 Å². The molecule has 2 heterocycles. The Morgan fingerprint density at radius 3 is 3.14 bits per heavy atom. The van der Waals surface area contributed by atoms with Crippen molar-refractivity contribution in [3.8, 4) is 0 Å². The van der Waals surface area contributed by atoms with Crippen LogP contribution in [0.1, 0.15) is 50.5 Å². The van der Waals surface area contributed by atoms with E-state index in [0.29, 0.717) is 17.6 Å². The van der Waals surface area contributed by atoms with Gasteiger partial charge < -0.3 is 5.73 Å². The average Bonchev–Trinajstić information content (AvgIpc) is 2.81. The van der Waals surface area contributed by atoms with Crippen molar-refractivity contribution in [3.63, 3.8) is 0 Å². The molecule has 1 aromatic rings. The number of carbonyl (C=O) groups is 1. The Labute approximate surface area is 134 Å². The van der Waals surface area contributed by atoms with E-state index in [0.717, 1.165) is 23.1 Å². The maximum absolute atomic E-state index is 10.8. The topological polar surface area (TPSA) is 68.9 Å². The third kappa shape index (κ3) is 3.37. The number of rotatable bonds is 5. The third-order valence-electron chi connectivity index (χ3n) is 4.30. The lowest BCUT2D eigenvalue weighted by Crippen LogP contribution is -2.21. The summed E-state index contributed by atoms with van der Waals surface area (Å²) >= 11 is 3.70. The lowest BCUT2D eigenvalue weighted by molar-refractivity contribution is -0.118. The number of nitrogens with two attached hydrogens (primary N) is 1. The van der Waals surface area contributed by atoms with Gasteiger partial charge in [0.2, 0.25) is 5.91 Å². The standard InChI is InChI=1S/C15H21N3OS2/c1-9-4-5-10-11(7-9)21-15-13(10)14(17-8-18-15)20-6-2-3-12(16)19/h8-11H,2-7H2,1H3,(H2,16,19). The van der Waals surface area contributed by atoms with Crippen molar-refractivity contribution < 1.29 is 4.79 Å². The summed E-state index contributed by atoms with van der Waals surface area (Å²) in [5, 5.41) is 3.00. The summed E-state index contributed by atoms with van der Waals surface area (Å²) < 4.78 is 0. The fourth-order valence-electron chi connectivity index (χ4n) is 3.24. The smallest absolute Gasteiger partial charge is 0.217 e. The molecular formula is C15H21N3OS2. The zero-order valence-electron chi connectivity index (χ0n) is 12.2. The number of hydrogen-bond donors (Lipinski definition) is 1. The second-order valence-corrected chi connectivity index (χ2v) is 8.31. The maximum atomic E-state index is 10.8. The molecule has 1 aliphatic heterocycles. The molecule has 0 bridgehead atoms. The van der Waals surface area contributed by atoms with E-state index in [2.05, 4.69) is 16.9 Å². The molecule has 2 aliphatic rings. The normalized spacial score (nSPS) is 27.2. The number of primary amides is 1. The van der Waals surface area contributed by atoms with Gasteiger partial charge in [-0.3, -0.25) is 4.79 Å². The Kier molecular flexibility index (Phi) is 4.74. The molecule has 3 unspecified atom stereocenters. The van der Waals surface area contributed by atoms with Gasteiger partial charge >= 0.3 is 0 Å². The zero-order chi connectivity index (χ0) is 14.8. The predicted molar refractivity (Wildman–Crippen MR) is 86.6 cm³/mol. The highest BCUT2D eigenvalue weighted by molar-refractivity contribution is 8.00. The molecule has 0 saturated heterocycles. The van der Waals surface area contributed by atoms with Gasteiger partial charge in [0.25, 0.3) is 0 Å². The van der Waals surface area contributed by atoms with Crippen molar-refractivity contribution in [2.24, 2.45) is 11.7 Å². The molecule has 3 rings (SSSR count). The van der Waals surface area contributed by atoms with Gasteiger partial charge in [-0.15, -0.1) is 23.5 Å². The van der Waals surface area contributed by atoms with Crippen LogP contribution in [0.2, 0.25) is 0 Å². The van der Waals surface area contributed by atoms with E-state index in [1.807, 2.05) is 11.8 Å². The summed E-state index contributed by atoms with van der Waals surface area (Å²) in [5.41, 5.74) is 6.56. The molecule has 1 fully saturated rings. The molecule has 1 amide bonds. The van der Waals surface area contributed by atoms with E-state index in [4.69, 9.17) is 5.73 Å². The molecule has 1 aromatic heterocycles. The average molecular weight is 323 g/mol. The summed E-state index contributed by atoms with van der Waals surface area (Å²) in [7, 11) is 0. The van der Waals surface area contributed by atoms with Crippen LogP contribution in [0, 0.1) is 5.92 Å². The Morgan fingerprint density at radius 1 is 1.48 bits per heavy atom. The van der Waals surface area contributed by atoms with Gasteiger partial charge in [0, 0.05) is 23.2 Å². The van der Waals surface area contributed by atoms with Gasteiger partial charge in [-0.2, -0.15) is 0 Å². The van der Waals surface area contributed by atoms with Gasteiger partial charge in [0.1, 0.15) is 16.4 Å². The van der Waals surface area contributed by atoms with Gasteiger partial charge in [-0.05, 0) is 30.9 Å². The number of fused-ring (bicyclic) bond motifs is 3. The van der Waals surface area contributed by atoms with Crippen LogP contribution in [0.3, 0.4) is 0 Å². The maximum Gasteiger partial charge on any atom is 0.217 e. The first-order valence-electron chi connectivity index (χ1n) is 7.57. The summed E-state index contributed by atoms with van der Waals surface area (Å²) in [6, 6.07) is 0. The first-order chi connectivity index (χ1) is 10.1. The minimum absolute atomic E-state index is 0.222. The van der Waals surface area contributed by atoms with Gasteiger partial charge in [-0.25, -0.2) is 9.97 Å². The highest BCUT2D eigenvalue weighted by Crippen LogP contribution is 2.54. The van der Waals surface area contributed by atoms with Crippen molar-refractivity contribution in [1.29, 1.82) is 0 Å². The van der Waals surface area contributed by atoms with Gasteiger partial charge in [0.15, 0.2) is 0 Å². The number of nitrogens with zero attached hydrogens (tertiary/aromatic N) is 2. The van der Waals surface area contributed by atoms with Gasteiger partial charge in [0.05, 0.1) is 0 Å². The van der Waals surface area contributed by atoms with E-state index in [1.54, 1.807) is 18.1 Å². The number of hydrogen-bond acceptors (Lipinski definition) is 5. The fraction of sp³-hybridized carbons (Fsp3) is 0.667. The second-order valence-electron chi connectivity index (χ2n) is 6.00. The lowest BCUT2D eigenvalue weighted by atomic mass is 9.80. The monoisotopic (exact) mass is 323 g/mol. The molecule has 2 N–H and O–H groups in total.